The van der Waals surface area contributed by atoms with E-state index in [1.54, 1.807) is 6.20 Å². The van der Waals surface area contributed by atoms with Crippen LogP contribution >= 0.6 is 27.7 Å². The third-order valence-corrected chi connectivity index (χ3v) is 6.13. The molecule has 0 aliphatic rings. The molecule has 0 aliphatic heterocycles. The standard InChI is InChI=1S/C22H31BrN4OS/c1-7-27(8-2)18(15-9-11-16(12-10-15)22(3,4)5)14-24-20(28)19-17(23)13-25-21(26-19)29-6/h9-13,18H,7-8,14H2,1-6H3,(H,24,28). The summed E-state index contributed by atoms with van der Waals surface area (Å²) in [6, 6.07) is 8.85. The van der Waals surface area contributed by atoms with Gasteiger partial charge < -0.3 is 5.32 Å². The van der Waals surface area contributed by atoms with Crippen LogP contribution in [-0.4, -0.2) is 46.7 Å². The lowest BCUT2D eigenvalue weighted by Gasteiger charge is -2.31. The Kier molecular flexibility index (Phi) is 8.67. The van der Waals surface area contributed by atoms with Crippen molar-refractivity contribution in [2.24, 2.45) is 0 Å². The smallest absolute Gasteiger partial charge is 0.271 e. The van der Waals surface area contributed by atoms with E-state index in [2.05, 4.69) is 95.0 Å². The van der Waals surface area contributed by atoms with Gasteiger partial charge in [-0.15, -0.1) is 0 Å². The molecule has 0 bridgehead atoms. The number of nitrogens with zero attached hydrogens (tertiary/aromatic N) is 3. The maximum absolute atomic E-state index is 12.8. The van der Waals surface area contributed by atoms with Crippen molar-refractivity contribution in [2.45, 2.75) is 51.2 Å². The van der Waals surface area contributed by atoms with E-state index >= 15 is 0 Å². The van der Waals surface area contributed by atoms with Crippen molar-refractivity contribution in [3.8, 4) is 0 Å². The van der Waals surface area contributed by atoms with Gasteiger partial charge in [-0.1, -0.05) is 70.6 Å². The number of nitrogens with one attached hydrogen (secondary N) is 1. The molecule has 0 saturated heterocycles. The van der Waals surface area contributed by atoms with Gasteiger partial charge in [0.2, 0.25) is 0 Å². The molecule has 1 N–H and O–H groups in total. The van der Waals surface area contributed by atoms with Crippen LogP contribution in [0.15, 0.2) is 40.1 Å². The lowest BCUT2D eigenvalue weighted by Crippen LogP contribution is -2.38. The number of halogens is 1. The molecular weight excluding hydrogens is 448 g/mol. The fraction of sp³-hybridized carbons (Fsp3) is 0.500. The molecule has 29 heavy (non-hydrogen) atoms. The Labute approximate surface area is 187 Å². The predicted molar refractivity (Wildman–Crippen MR) is 125 cm³/mol. The highest BCUT2D eigenvalue weighted by Crippen LogP contribution is 2.26. The van der Waals surface area contributed by atoms with E-state index < -0.39 is 0 Å². The quantitative estimate of drug-likeness (QED) is 0.423. The van der Waals surface area contributed by atoms with Crippen LogP contribution < -0.4 is 5.32 Å². The zero-order valence-corrected chi connectivity index (χ0v) is 20.5. The molecule has 2 aromatic rings. The number of hydrogen-bond acceptors (Lipinski definition) is 5. The number of amides is 1. The molecule has 7 heteroatoms. The molecule has 5 nitrogen and oxygen atoms in total. The van der Waals surface area contributed by atoms with Gasteiger partial charge in [0.05, 0.1) is 10.5 Å². The SMILES string of the molecule is CCN(CC)C(CNC(=O)c1nc(SC)ncc1Br)c1ccc(C(C)(C)C)cc1. The first-order valence-corrected chi connectivity index (χ1v) is 11.9. The summed E-state index contributed by atoms with van der Waals surface area (Å²) in [6.07, 6.45) is 3.52. The fourth-order valence-corrected chi connectivity index (χ4v) is 3.92. The van der Waals surface area contributed by atoms with Gasteiger partial charge in [-0.05, 0) is 51.8 Å². The van der Waals surface area contributed by atoms with Crippen molar-refractivity contribution in [2.75, 3.05) is 25.9 Å². The van der Waals surface area contributed by atoms with Crippen LogP contribution in [0.1, 0.15) is 62.3 Å². The monoisotopic (exact) mass is 478 g/mol. The van der Waals surface area contributed by atoms with Crippen LogP contribution in [0.25, 0.3) is 0 Å². The molecule has 0 aliphatic carbocycles. The zero-order chi connectivity index (χ0) is 21.6. The normalized spacial score (nSPS) is 12.8. The summed E-state index contributed by atoms with van der Waals surface area (Å²) in [5.41, 5.74) is 2.99. The largest absolute Gasteiger partial charge is 0.349 e. The Morgan fingerprint density at radius 2 is 1.83 bits per heavy atom. The van der Waals surface area contributed by atoms with E-state index in [0.29, 0.717) is 21.9 Å². The number of thioether (sulfide) groups is 1. The van der Waals surface area contributed by atoms with Crippen LogP contribution in [0.4, 0.5) is 0 Å². The molecule has 0 fully saturated rings. The van der Waals surface area contributed by atoms with Crippen molar-refractivity contribution >= 4 is 33.6 Å². The first-order chi connectivity index (χ1) is 13.7. The van der Waals surface area contributed by atoms with Gasteiger partial charge in [0, 0.05) is 12.7 Å². The first kappa shape index (κ1) is 23.8. The van der Waals surface area contributed by atoms with Crippen LogP contribution in [0.3, 0.4) is 0 Å². The van der Waals surface area contributed by atoms with Crippen molar-refractivity contribution in [1.29, 1.82) is 0 Å². The zero-order valence-electron chi connectivity index (χ0n) is 18.1. The minimum Gasteiger partial charge on any atom is -0.349 e. The van der Waals surface area contributed by atoms with E-state index in [1.807, 2.05) is 6.26 Å². The number of aromatic nitrogens is 2. The van der Waals surface area contributed by atoms with Gasteiger partial charge in [0.1, 0.15) is 5.69 Å². The molecule has 1 aromatic carbocycles. The highest BCUT2D eigenvalue weighted by Gasteiger charge is 2.22. The Morgan fingerprint density at radius 1 is 1.21 bits per heavy atom. The average molecular weight is 479 g/mol. The topological polar surface area (TPSA) is 58.1 Å². The minimum atomic E-state index is -0.196. The summed E-state index contributed by atoms with van der Waals surface area (Å²) in [4.78, 5) is 23.7. The van der Waals surface area contributed by atoms with E-state index in [-0.39, 0.29) is 17.4 Å². The molecule has 1 unspecified atom stereocenters. The summed E-state index contributed by atoms with van der Waals surface area (Å²) in [7, 11) is 0. The number of carbonyl (C=O) groups excluding carboxylic acids is 1. The molecule has 158 valence electrons. The van der Waals surface area contributed by atoms with Gasteiger partial charge in [-0.25, -0.2) is 9.97 Å². The van der Waals surface area contributed by atoms with E-state index in [1.165, 1.54) is 22.9 Å². The second-order valence-corrected chi connectivity index (χ2v) is 9.50. The van der Waals surface area contributed by atoms with Crippen LogP contribution in [0.2, 0.25) is 0 Å². The molecule has 0 radical (unpaired) electrons. The highest BCUT2D eigenvalue weighted by molar-refractivity contribution is 9.10. The Hall–Kier alpha value is -1.44. The molecule has 2 rings (SSSR count). The van der Waals surface area contributed by atoms with E-state index in [4.69, 9.17) is 0 Å². The Bertz CT molecular complexity index is 817. The van der Waals surface area contributed by atoms with Gasteiger partial charge in [0.15, 0.2) is 5.16 Å². The maximum Gasteiger partial charge on any atom is 0.271 e. The van der Waals surface area contributed by atoms with Crippen molar-refractivity contribution < 1.29 is 4.79 Å². The maximum atomic E-state index is 12.8. The minimum absolute atomic E-state index is 0.101. The summed E-state index contributed by atoms with van der Waals surface area (Å²) in [5, 5.41) is 3.65. The van der Waals surface area contributed by atoms with Crippen molar-refractivity contribution in [1.82, 2.24) is 20.2 Å². The molecule has 1 amide bonds. The van der Waals surface area contributed by atoms with Gasteiger partial charge in [-0.3, -0.25) is 9.69 Å². The Balaban J connectivity index is 2.22. The van der Waals surface area contributed by atoms with E-state index in [0.717, 1.165) is 13.1 Å². The Morgan fingerprint density at radius 3 is 2.34 bits per heavy atom. The first-order valence-electron chi connectivity index (χ1n) is 9.90. The molecule has 1 aromatic heterocycles. The highest BCUT2D eigenvalue weighted by atomic mass is 79.9. The predicted octanol–water partition coefficient (Wildman–Crippen LogP) is 5.07. The average Bonchev–Trinajstić information content (AvgIpc) is 2.70. The fourth-order valence-electron chi connectivity index (χ4n) is 3.21. The second kappa shape index (κ2) is 10.5. The number of carbonyl (C=O) groups is 1. The van der Waals surface area contributed by atoms with Crippen molar-refractivity contribution in [3.63, 3.8) is 0 Å². The third kappa shape index (κ3) is 6.27. The van der Waals surface area contributed by atoms with Crippen molar-refractivity contribution in [3.05, 3.63) is 51.8 Å². The lowest BCUT2D eigenvalue weighted by molar-refractivity contribution is 0.0928. The summed E-state index contributed by atoms with van der Waals surface area (Å²) < 4.78 is 0.599. The van der Waals surface area contributed by atoms with Gasteiger partial charge >= 0.3 is 0 Å². The van der Waals surface area contributed by atoms with E-state index in [9.17, 15) is 4.79 Å². The third-order valence-electron chi connectivity index (χ3n) is 4.99. The summed E-state index contributed by atoms with van der Waals surface area (Å²) in [5.74, 6) is -0.196. The number of rotatable bonds is 8. The summed E-state index contributed by atoms with van der Waals surface area (Å²) in [6.45, 7) is 13.3. The molecule has 0 spiro atoms. The van der Waals surface area contributed by atoms with Gasteiger partial charge in [0.25, 0.3) is 5.91 Å². The van der Waals surface area contributed by atoms with Crippen LogP contribution in [0.5, 0.6) is 0 Å². The number of likely N-dealkylation sites (N-methyl/N-ethyl adjacent to an activating group) is 1. The number of benzene rings is 1. The molecule has 1 atom stereocenters. The van der Waals surface area contributed by atoms with Crippen LogP contribution in [0, 0.1) is 0 Å². The van der Waals surface area contributed by atoms with Crippen LogP contribution in [-0.2, 0) is 5.41 Å². The molecule has 1 heterocycles. The number of hydrogen-bond donors (Lipinski definition) is 1. The molecular formula is C22H31BrN4OS. The second-order valence-electron chi connectivity index (χ2n) is 7.87. The molecule has 0 saturated carbocycles. The summed E-state index contributed by atoms with van der Waals surface area (Å²) >= 11 is 4.80. The van der Waals surface area contributed by atoms with Gasteiger partial charge in [-0.2, -0.15) is 0 Å². The lowest BCUT2D eigenvalue weighted by atomic mass is 9.86.